The Morgan fingerprint density at radius 1 is 0.950 bits per heavy atom. The number of nitrogens with zero attached hydrogens (tertiary/aromatic N) is 2. The maximum absolute atomic E-state index is 15.0. The number of Topliss-reactive ketones (excluding diaryl/α,β-unsaturated/α-hetero) is 1. The molecule has 1 aromatic heterocycles. The highest BCUT2D eigenvalue weighted by molar-refractivity contribution is 8.00. The van der Waals surface area contributed by atoms with Crippen LogP contribution in [0.3, 0.4) is 0 Å². The highest BCUT2D eigenvalue weighted by Gasteiger charge is 2.35. The smallest absolute Gasteiger partial charge is 0.295 e. The number of aromatic amines is 1. The van der Waals surface area contributed by atoms with Gasteiger partial charge in [-0.1, -0.05) is 39.0 Å². The number of rotatable bonds is 5. The topological polar surface area (TPSA) is 115 Å². The van der Waals surface area contributed by atoms with E-state index in [4.69, 9.17) is 0 Å². The lowest BCUT2D eigenvalue weighted by atomic mass is 9.92. The molecule has 0 spiro atoms. The number of hydrogen-bond acceptors (Lipinski definition) is 6. The summed E-state index contributed by atoms with van der Waals surface area (Å²) >= 11 is 1.62. The molecule has 40 heavy (non-hydrogen) atoms. The third kappa shape index (κ3) is 5.48. The summed E-state index contributed by atoms with van der Waals surface area (Å²) in [6, 6.07) is 11.4. The van der Waals surface area contributed by atoms with Gasteiger partial charge in [0.05, 0.1) is 16.6 Å². The van der Waals surface area contributed by atoms with E-state index < -0.39 is 23.4 Å². The summed E-state index contributed by atoms with van der Waals surface area (Å²) in [5, 5.41) is 6.43. The van der Waals surface area contributed by atoms with Crippen molar-refractivity contribution in [3.05, 3.63) is 71.2 Å². The van der Waals surface area contributed by atoms with Crippen molar-refractivity contribution in [3.63, 3.8) is 0 Å². The molecule has 0 bridgehead atoms. The van der Waals surface area contributed by atoms with Crippen LogP contribution in [0.4, 0.5) is 4.39 Å². The average Bonchev–Trinajstić information content (AvgIpc) is 3.61. The molecule has 2 aliphatic rings. The number of H-pyrrole nitrogens is 1. The van der Waals surface area contributed by atoms with E-state index in [1.54, 1.807) is 40.9 Å². The Balaban J connectivity index is 1.28. The van der Waals surface area contributed by atoms with Crippen LogP contribution in [0.2, 0.25) is 0 Å². The standard InChI is InChI=1S/C29H32FN5O4S/c1-29(2,3)21-16-32-28(40-21)33-25(37)18-9-10-20(30)22-19(15-31-23(18)22)24(36)27(39)35-13-11-34(12-14-35)26(38)17-7-5-4-6-8-17/h4-10,15,21,28,31-32H,11-14,16H2,1-3H3,(H,33,37). The minimum absolute atomic E-state index is 0.0611. The SMILES string of the molecule is CC(C)(C)C1CNC(NC(=O)c2ccc(F)c3c(C(=O)C(=O)N4CCN(C(=O)c5ccccc5)CC4)c[nH]c23)S1. The number of amides is 3. The first kappa shape index (κ1) is 27.9. The number of benzene rings is 2. The predicted octanol–water partition coefficient (Wildman–Crippen LogP) is 3.24. The molecule has 3 aromatic rings. The molecule has 0 radical (unpaired) electrons. The fourth-order valence-electron chi connectivity index (χ4n) is 4.98. The maximum Gasteiger partial charge on any atom is 0.295 e. The van der Waals surface area contributed by atoms with Gasteiger partial charge in [-0.15, -0.1) is 11.8 Å². The largest absolute Gasteiger partial charge is 0.360 e. The zero-order chi connectivity index (χ0) is 28.6. The number of hydrogen-bond donors (Lipinski definition) is 3. The predicted molar refractivity (Wildman–Crippen MR) is 152 cm³/mol. The molecule has 3 amide bonds. The first-order valence-corrected chi connectivity index (χ1v) is 14.2. The van der Waals surface area contributed by atoms with Gasteiger partial charge in [0.2, 0.25) is 0 Å². The molecule has 2 aromatic carbocycles. The van der Waals surface area contributed by atoms with E-state index in [-0.39, 0.29) is 65.0 Å². The molecule has 3 heterocycles. The molecule has 0 saturated carbocycles. The average molecular weight is 566 g/mol. The second kappa shape index (κ2) is 11.1. The van der Waals surface area contributed by atoms with E-state index in [0.29, 0.717) is 10.8 Å². The molecule has 2 saturated heterocycles. The van der Waals surface area contributed by atoms with Crippen molar-refractivity contribution in [3.8, 4) is 0 Å². The summed E-state index contributed by atoms with van der Waals surface area (Å²) in [5.41, 5.74) is 0.521. The Bertz CT molecular complexity index is 1460. The van der Waals surface area contributed by atoms with Gasteiger partial charge in [-0.2, -0.15) is 0 Å². The Kier molecular flexibility index (Phi) is 7.70. The van der Waals surface area contributed by atoms with Crippen LogP contribution in [-0.4, -0.2) is 81.8 Å². The summed E-state index contributed by atoms with van der Waals surface area (Å²) in [4.78, 5) is 58.0. The van der Waals surface area contributed by atoms with Gasteiger partial charge < -0.3 is 20.1 Å². The number of piperazine rings is 1. The molecule has 5 rings (SSSR count). The van der Waals surface area contributed by atoms with Gasteiger partial charge in [-0.25, -0.2) is 4.39 Å². The summed E-state index contributed by atoms with van der Waals surface area (Å²) < 4.78 is 15.0. The van der Waals surface area contributed by atoms with Gasteiger partial charge in [-0.3, -0.25) is 24.5 Å². The number of carbonyl (C=O) groups excluding carboxylic acids is 4. The molecule has 3 N–H and O–H groups in total. The van der Waals surface area contributed by atoms with Crippen LogP contribution in [0.1, 0.15) is 51.8 Å². The van der Waals surface area contributed by atoms with E-state index in [1.807, 2.05) is 6.07 Å². The number of aromatic nitrogens is 1. The number of carbonyl (C=O) groups is 4. The third-order valence-electron chi connectivity index (χ3n) is 7.36. The van der Waals surface area contributed by atoms with Crippen LogP contribution >= 0.6 is 11.8 Å². The monoisotopic (exact) mass is 565 g/mol. The summed E-state index contributed by atoms with van der Waals surface area (Å²) in [5.74, 6) is -2.91. The van der Waals surface area contributed by atoms with Gasteiger partial charge in [0.1, 0.15) is 11.3 Å². The lowest BCUT2D eigenvalue weighted by Crippen LogP contribution is -2.52. The molecule has 11 heteroatoms. The maximum atomic E-state index is 15.0. The van der Waals surface area contributed by atoms with Gasteiger partial charge in [0, 0.05) is 55.1 Å². The highest BCUT2D eigenvalue weighted by Crippen LogP contribution is 2.35. The second-order valence-electron chi connectivity index (χ2n) is 11.1. The molecule has 210 valence electrons. The van der Waals surface area contributed by atoms with Crippen molar-refractivity contribution in [2.24, 2.45) is 5.41 Å². The lowest BCUT2D eigenvalue weighted by molar-refractivity contribution is -0.127. The van der Waals surface area contributed by atoms with E-state index in [0.717, 1.165) is 12.6 Å². The third-order valence-corrected chi connectivity index (χ3v) is 9.12. The van der Waals surface area contributed by atoms with Crippen molar-refractivity contribution in [1.82, 2.24) is 25.4 Å². The van der Waals surface area contributed by atoms with Crippen molar-refractivity contribution in [1.29, 1.82) is 0 Å². The van der Waals surface area contributed by atoms with Gasteiger partial charge in [0.25, 0.3) is 23.5 Å². The van der Waals surface area contributed by atoms with Crippen LogP contribution in [0.25, 0.3) is 10.9 Å². The van der Waals surface area contributed by atoms with Crippen molar-refractivity contribution in [2.45, 2.75) is 31.5 Å². The molecule has 2 atom stereocenters. The fourth-order valence-corrected chi connectivity index (χ4v) is 6.27. The minimum Gasteiger partial charge on any atom is -0.360 e. The Morgan fingerprint density at radius 3 is 2.27 bits per heavy atom. The molecule has 9 nitrogen and oxygen atoms in total. The van der Waals surface area contributed by atoms with Crippen LogP contribution < -0.4 is 10.6 Å². The quantitative estimate of drug-likeness (QED) is 0.323. The number of halogens is 1. The molecule has 2 aliphatic heterocycles. The Labute approximate surface area is 235 Å². The highest BCUT2D eigenvalue weighted by atomic mass is 32.2. The van der Waals surface area contributed by atoms with Crippen LogP contribution in [0.15, 0.2) is 48.7 Å². The molecular formula is C29H32FN5O4S. The van der Waals surface area contributed by atoms with Crippen molar-refractivity contribution >= 4 is 46.2 Å². The first-order valence-electron chi connectivity index (χ1n) is 13.2. The molecular weight excluding hydrogens is 533 g/mol. The number of thioether (sulfide) groups is 1. The summed E-state index contributed by atoms with van der Waals surface area (Å²) in [6.07, 6.45) is 1.28. The number of fused-ring (bicyclic) bond motifs is 1. The molecule has 2 unspecified atom stereocenters. The molecule has 2 fully saturated rings. The van der Waals surface area contributed by atoms with Crippen molar-refractivity contribution < 1.29 is 23.6 Å². The zero-order valence-electron chi connectivity index (χ0n) is 22.6. The molecule has 0 aliphatic carbocycles. The van der Waals surface area contributed by atoms with E-state index in [2.05, 4.69) is 36.4 Å². The van der Waals surface area contributed by atoms with Gasteiger partial charge in [-0.05, 0) is 29.7 Å². The van der Waals surface area contributed by atoms with Crippen LogP contribution in [0.5, 0.6) is 0 Å². The van der Waals surface area contributed by atoms with Gasteiger partial charge >= 0.3 is 0 Å². The minimum atomic E-state index is -0.869. The van der Waals surface area contributed by atoms with Gasteiger partial charge in [0.15, 0.2) is 0 Å². The van der Waals surface area contributed by atoms with E-state index in [9.17, 15) is 23.6 Å². The normalized spacial score (nSPS) is 19.6. The van der Waals surface area contributed by atoms with Crippen LogP contribution in [-0.2, 0) is 4.79 Å². The second-order valence-corrected chi connectivity index (χ2v) is 12.4. The Hall–Kier alpha value is -3.70. The number of nitrogens with one attached hydrogen (secondary N) is 3. The first-order chi connectivity index (χ1) is 19.0. The van der Waals surface area contributed by atoms with Crippen molar-refractivity contribution in [2.75, 3.05) is 32.7 Å². The van der Waals surface area contributed by atoms with E-state index >= 15 is 0 Å². The summed E-state index contributed by atoms with van der Waals surface area (Å²) in [7, 11) is 0. The van der Waals surface area contributed by atoms with E-state index in [1.165, 1.54) is 17.2 Å². The van der Waals surface area contributed by atoms with Crippen LogP contribution in [0, 0.1) is 11.2 Å². The lowest BCUT2D eigenvalue weighted by Gasteiger charge is -2.34. The fraction of sp³-hybridized carbons (Fsp3) is 0.379. The number of ketones is 1. The summed E-state index contributed by atoms with van der Waals surface area (Å²) in [6.45, 7) is 8.10. The Morgan fingerprint density at radius 2 is 1.62 bits per heavy atom. The zero-order valence-corrected chi connectivity index (χ0v) is 23.4.